The predicted octanol–water partition coefficient (Wildman–Crippen LogP) is 6.61. The maximum atomic E-state index is 12.7. The number of H-pyrrole nitrogens is 1. The van der Waals surface area contributed by atoms with Gasteiger partial charge in [0.1, 0.15) is 5.75 Å². The Morgan fingerprint density at radius 3 is 1.73 bits per heavy atom. The second-order valence-electron chi connectivity index (χ2n) is 12.5. The molecule has 7 aromatic rings. The third kappa shape index (κ3) is 8.38. The Balaban J connectivity index is 0.000000188. The summed E-state index contributed by atoms with van der Waals surface area (Å²) < 4.78 is 15.4. The van der Waals surface area contributed by atoms with Gasteiger partial charge in [-0.05, 0) is 84.6 Å². The normalized spacial score (nSPS) is 10.9. The standard InChI is InChI=1S/C20H19ClN6O2.C20H18ClN3O2/c1-12-15(9-13-4-2-5-14(21)8-13)27-7-3-6-17(20(27)19(12)16(28)10-22)29-11-18-23-25-26-24-18;1-13-16(10-14-5-3-6-15(21)9-14)24-8-4-7-18(26-12-23-2)20(24)19(13)17(25)11-22/h2-8H,9-11,22H2,1H3,(H,23,24,25,26);3-9H,10-12,22H2,1H3. The number of nitrogens with zero attached hydrogens (tertiary/aromatic N) is 6. The topological polar surface area (TPSA) is 172 Å². The van der Waals surface area contributed by atoms with E-state index in [9.17, 15) is 9.59 Å². The highest BCUT2D eigenvalue weighted by Gasteiger charge is 2.24. The first-order valence-electron chi connectivity index (χ1n) is 17.2. The van der Waals surface area contributed by atoms with Crippen molar-refractivity contribution in [2.75, 3.05) is 19.8 Å². The van der Waals surface area contributed by atoms with Gasteiger partial charge in [0.2, 0.25) is 5.82 Å². The molecule has 0 aliphatic rings. The number of aromatic nitrogens is 6. The van der Waals surface area contributed by atoms with E-state index < -0.39 is 0 Å². The number of tetrazole rings is 1. The molecule has 0 unspecified atom stereocenters. The number of benzene rings is 2. The van der Waals surface area contributed by atoms with E-state index in [4.69, 9.17) is 50.7 Å². The number of Topliss-reactive ketones (excluding diaryl/α,β-unsaturated/α-hetero) is 2. The molecule has 0 fully saturated rings. The maximum absolute atomic E-state index is 12.7. The van der Waals surface area contributed by atoms with Crippen LogP contribution in [0.4, 0.5) is 0 Å². The molecule has 0 radical (unpaired) electrons. The Hall–Kier alpha value is -6.04. The van der Waals surface area contributed by atoms with Crippen LogP contribution in [0.5, 0.6) is 11.5 Å². The highest BCUT2D eigenvalue weighted by atomic mass is 35.5. The van der Waals surface area contributed by atoms with Crippen LogP contribution in [-0.2, 0) is 19.4 Å². The number of fused-ring (bicyclic) bond motifs is 2. The van der Waals surface area contributed by atoms with Gasteiger partial charge in [0.05, 0.1) is 35.2 Å². The van der Waals surface area contributed by atoms with Crippen molar-refractivity contribution >= 4 is 45.8 Å². The molecule has 7 rings (SSSR count). The Labute approximate surface area is 326 Å². The summed E-state index contributed by atoms with van der Waals surface area (Å²) in [5, 5.41) is 15.0. The van der Waals surface area contributed by atoms with Gasteiger partial charge in [-0.2, -0.15) is 5.21 Å². The number of hydrogen-bond donors (Lipinski definition) is 3. The van der Waals surface area contributed by atoms with Crippen LogP contribution >= 0.6 is 23.2 Å². The van der Waals surface area contributed by atoms with Crippen molar-refractivity contribution in [3.05, 3.63) is 157 Å². The van der Waals surface area contributed by atoms with Crippen molar-refractivity contribution in [2.24, 2.45) is 11.5 Å². The SMILES string of the molecule is Cc1c(C(=O)CN)c2c(OCc3nn[nH]n3)cccn2c1Cc1cccc(Cl)c1.[C-]#[N+]COc1cccn2c(Cc3cccc(Cl)c3)c(C)c(C(=O)CN)c12. The summed E-state index contributed by atoms with van der Waals surface area (Å²) in [6.07, 6.45) is 5.02. The van der Waals surface area contributed by atoms with Crippen LogP contribution in [0.25, 0.3) is 15.9 Å². The number of carbonyl (C=O) groups excluding carboxylic acids is 2. The van der Waals surface area contributed by atoms with Gasteiger partial charge in [-0.15, -0.1) is 10.2 Å². The van der Waals surface area contributed by atoms with Gasteiger partial charge in [0.25, 0.3) is 0 Å². The second-order valence-corrected chi connectivity index (χ2v) is 13.4. The number of carbonyl (C=O) groups is 2. The third-order valence-corrected chi connectivity index (χ3v) is 9.54. The van der Waals surface area contributed by atoms with Crippen LogP contribution in [0.1, 0.15) is 60.2 Å². The number of halogens is 2. The molecule has 0 saturated heterocycles. The summed E-state index contributed by atoms with van der Waals surface area (Å²) >= 11 is 12.2. The Bertz CT molecular complexity index is 2540. The minimum absolute atomic E-state index is 0.0870. The zero-order valence-corrected chi connectivity index (χ0v) is 31.6. The minimum Gasteiger partial charge on any atom is -0.483 e. The van der Waals surface area contributed by atoms with Crippen LogP contribution < -0.4 is 20.9 Å². The smallest absolute Gasteiger partial charge is 0.357 e. The van der Waals surface area contributed by atoms with E-state index in [0.29, 0.717) is 62.4 Å². The Kier molecular flexibility index (Phi) is 12.2. The number of aromatic amines is 1. The number of nitrogens with one attached hydrogen (secondary N) is 1. The van der Waals surface area contributed by atoms with Crippen molar-refractivity contribution in [3.63, 3.8) is 0 Å². The number of rotatable bonds is 13. The average Bonchev–Trinajstić information content (AvgIpc) is 3.89. The lowest BCUT2D eigenvalue weighted by molar-refractivity contribution is 0.0994. The molecule has 0 aliphatic carbocycles. The molecule has 5 heterocycles. The van der Waals surface area contributed by atoms with E-state index in [1.165, 1.54) is 0 Å². The van der Waals surface area contributed by atoms with Gasteiger partial charge in [-0.3, -0.25) is 14.4 Å². The fourth-order valence-electron chi connectivity index (χ4n) is 6.64. The fraction of sp³-hybridized carbons (Fsp3) is 0.200. The van der Waals surface area contributed by atoms with E-state index >= 15 is 0 Å². The third-order valence-electron chi connectivity index (χ3n) is 9.07. The molecule has 0 amide bonds. The van der Waals surface area contributed by atoms with Gasteiger partial charge < -0.3 is 29.7 Å². The van der Waals surface area contributed by atoms with Crippen molar-refractivity contribution in [2.45, 2.75) is 33.3 Å². The lowest BCUT2D eigenvalue weighted by Crippen LogP contribution is -2.14. The molecule has 0 spiro atoms. The molecule has 13 nitrogen and oxygen atoms in total. The molecule has 5 N–H and O–H groups in total. The first-order chi connectivity index (χ1) is 26.6. The largest absolute Gasteiger partial charge is 0.483 e. The lowest BCUT2D eigenvalue weighted by Gasteiger charge is -2.09. The zero-order valence-electron chi connectivity index (χ0n) is 30.1. The van der Waals surface area contributed by atoms with Crippen molar-refractivity contribution in [1.82, 2.24) is 29.4 Å². The molecule has 15 heteroatoms. The van der Waals surface area contributed by atoms with Gasteiger partial charge in [0, 0.05) is 46.7 Å². The molecule has 5 aromatic heterocycles. The number of pyridine rings is 2. The minimum atomic E-state index is -0.156. The summed E-state index contributed by atoms with van der Waals surface area (Å²) in [4.78, 5) is 28.5. The molecule has 0 atom stereocenters. The number of ketones is 2. The monoisotopic (exact) mass is 777 g/mol. The van der Waals surface area contributed by atoms with Gasteiger partial charge in [-0.25, -0.2) is 6.57 Å². The number of hydrogen-bond acceptors (Lipinski definition) is 9. The first kappa shape index (κ1) is 38.7. The van der Waals surface area contributed by atoms with Crippen LogP contribution in [0.3, 0.4) is 0 Å². The molecule has 2 aromatic carbocycles. The average molecular weight is 779 g/mol. The predicted molar refractivity (Wildman–Crippen MR) is 210 cm³/mol. The number of ether oxygens (including phenoxy) is 2. The first-order valence-corrected chi connectivity index (χ1v) is 17.9. The second kappa shape index (κ2) is 17.4. The van der Waals surface area contributed by atoms with Gasteiger partial charge >= 0.3 is 6.73 Å². The van der Waals surface area contributed by atoms with Crippen LogP contribution in [0.15, 0.2) is 85.2 Å². The summed E-state index contributed by atoms with van der Waals surface area (Å²) in [5.74, 6) is 1.17. The number of nitrogens with two attached hydrogens (primary N) is 2. The Morgan fingerprint density at radius 2 is 1.29 bits per heavy atom. The summed E-state index contributed by atoms with van der Waals surface area (Å²) in [6.45, 7) is 10.6. The van der Waals surface area contributed by atoms with E-state index in [-0.39, 0.29) is 38.0 Å². The van der Waals surface area contributed by atoms with Crippen LogP contribution in [0.2, 0.25) is 10.0 Å². The summed E-state index contributed by atoms with van der Waals surface area (Å²) in [7, 11) is 0. The van der Waals surface area contributed by atoms with Gasteiger partial charge in [0.15, 0.2) is 23.9 Å². The van der Waals surface area contributed by atoms with E-state index in [1.807, 2.05) is 102 Å². The quantitative estimate of drug-likeness (QED) is 0.0860. The summed E-state index contributed by atoms with van der Waals surface area (Å²) in [5.41, 5.74) is 19.5. The maximum Gasteiger partial charge on any atom is 0.357 e. The van der Waals surface area contributed by atoms with E-state index in [2.05, 4.69) is 25.5 Å². The lowest BCUT2D eigenvalue weighted by atomic mass is 10.0. The van der Waals surface area contributed by atoms with Crippen LogP contribution in [-0.4, -0.2) is 60.8 Å². The Morgan fingerprint density at radius 1 is 0.782 bits per heavy atom. The molecule has 0 bridgehead atoms. The highest BCUT2D eigenvalue weighted by Crippen LogP contribution is 2.34. The highest BCUT2D eigenvalue weighted by molar-refractivity contribution is 6.30. The fourth-order valence-corrected chi connectivity index (χ4v) is 7.07. The molecular formula is C40H37Cl2N9O4. The van der Waals surface area contributed by atoms with E-state index in [0.717, 1.165) is 33.6 Å². The molecule has 55 heavy (non-hydrogen) atoms. The summed E-state index contributed by atoms with van der Waals surface area (Å²) in [6, 6.07) is 22.6. The van der Waals surface area contributed by atoms with Crippen molar-refractivity contribution in [3.8, 4) is 11.5 Å². The zero-order chi connectivity index (χ0) is 39.1. The molecule has 0 aliphatic heterocycles. The van der Waals surface area contributed by atoms with E-state index in [1.54, 1.807) is 6.07 Å². The molecular weight excluding hydrogens is 741 g/mol. The van der Waals surface area contributed by atoms with Crippen molar-refractivity contribution in [1.29, 1.82) is 0 Å². The van der Waals surface area contributed by atoms with Gasteiger partial charge in [-0.1, -0.05) is 52.7 Å². The molecule has 280 valence electrons. The molecule has 0 saturated carbocycles. The van der Waals surface area contributed by atoms with Crippen LogP contribution in [0, 0.1) is 20.4 Å². The van der Waals surface area contributed by atoms with Crippen molar-refractivity contribution < 1.29 is 19.1 Å².